The van der Waals surface area contributed by atoms with Gasteiger partial charge in [0, 0.05) is 25.4 Å². The first kappa shape index (κ1) is 10.7. The van der Waals surface area contributed by atoms with Crippen LogP contribution in [0.1, 0.15) is 6.92 Å². The van der Waals surface area contributed by atoms with Crippen molar-refractivity contribution in [1.82, 2.24) is 4.90 Å². The first-order valence-electron chi connectivity index (χ1n) is 4.45. The summed E-state index contributed by atoms with van der Waals surface area (Å²) in [5.41, 5.74) is 0. The van der Waals surface area contributed by atoms with Crippen LogP contribution in [0.15, 0.2) is 0 Å². The standard InChI is InChI=1S/C8H16NO3P/c1-7(8(10)11)9-3-5-13(2,12)6-4-9/h7H,3-6H2,1-2H3,(H,10,11). The Kier molecular flexibility index (Phi) is 3.14. The van der Waals surface area contributed by atoms with E-state index in [2.05, 4.69) is 0 Å². The van der Waals surface area contributed by atoms with E-state index in [4.69, 9.17) is 5.11 Å². The van der Waals surface area contributed by atoms with Crippen LogP contribution in [0, 0.1) is 0 Å². The smallest absolute Gasteiger partial charge is 0.320 e. The van der Waals surface area contributed by atoms with Crippen molar-refractivity contribution in [3.8, 4) is 0 Å². The third-order valence-electron chi connectivity index (χ3n) is 2.63. The number of rotatable bonds is 2. The summed E-state index contributed by atoms with van der Waals surface area (Å²) in [5.74, 6) is -0.798. The number of hydrogen-bond acceptors (Lipinski definition) is 3. The van der Waals surface area contributed by atoms with Gasteiger partial charge in [0.1, 0.15) is 6.04 Å². The van der Waals surface area contributed by atoms with Gasteiger partial charge in [0.05, 0.1) is 7.14 Å². The van der Waals surface area contributed by atoms with Gasteiger partial charge in [-0.2, -0.15) is 0 Å². The fraction of sp³-hybridized carbons (Fsp3) is 0.875. The number of hydrogen-bond donors (Lipinski definition) is 1. The Bertz CT molecular complexity index is 242. The van der Waals surface area contributed by atoms with Gasteiger partial charge in [0.15, 0.2) is 0 Å². The minimum absolute atomic E-state index is 0.444. The van der Waals surface area contributed by atoms with E-state index in [0.29, 0.717) is 25.4 Å². The molecule has 1 aliphatic heterocycles. The average molecular weight is 205 g/mol. The van der Waals surface area contributed by atoms with Crippen molar-refractivity contribution in [1.29, 1.82) is 0 Å². The lowest BCUT2D eigenvalue weighted by molar-refractivity contribution is -0.142. The molecule has 0 aromatic rings. The Hall–Kier alpha value is -0.340. The first-order valence-corrected chi connectivity index (χ1v) is 6.97. The first-order chi connectivity index (χ1) is 5.92. The van der Waals surface area contributed by atoms with E-state index in [-0.39, 0.29) is 0 Å². The Morgan fingerprint density at radius 3 is 2.31 bits per heavy atom. The van der Waals surface area contributed by atoms with Crippen molar-refractivity contribution in [2.24, 2.45) is 0 Å². The molecule has 0 aromatic carbocycles. The summed E-state index contributed by atoms with van der Waals surface area (Å²) < 4.78 is 11.6. The molecule has 1 aliphatic rings. The largest absolute Gasteiger partial charge is 0.480 e. The van der Waals surface area contributed by atoms with Gasteiger partial charge in [-0.25, -0.2) is 0 Å². The van der Waals surface area contributed by atoms with E-state index in [1.165, 1.54) is 0 Å². The van der Waals surface area contributed by atoms with Crippen LogP contribution in [0.4, 0.5) is 0 Å². The summed E-state index contributed by atoms with van der Waals surface area (Å²) in [7, 11) is -1.93. The molecule has 0 amide bonds. The third-order valence-corrected chi connectivity index (χ3v) is 4.92. The lowest BCUT2D eigenvalue weighted by atomic mass is 10.3. The second kappa shape index (κ2) is 3.81. The number of carboxylic acid groups (broad SMARTS) is 1. The highest BCUT2D eigenvalue weighted by Crippen LogP contribution is 2.43. The molecule has 76 valence electrons. The van der Waals surface area contributed by atoms with E-state index >= 15 is 0 Å². The van der Waals surface area contributed by atoms with Gasteiger partial charge < -0.3 is 9.67 Å². The summed E-state index contributed by atoms with van der Waals surface area (Å²) in [6, 6.07) is -0.444. The molecule has 0 spiro atoms. The molecule has 1 N–H and O–H groups in total. The van der Waals surface area contributed by atoms with Crippen molar-refractivity contribution in [2.75, 3.05) is 32.1 Å². The number of aliphatic carboxylic acids is 1. The average Bonchev–Trinajstić information content (AvgIpc) is 2.03. The van der Waals surface area contributed by atoms with Crippen LogP contribution in [0.5, 0.6) is 0 Å². The number of carboxylic acids is 1. The molecule has 0 radical (unpaired) electrons. The van der Waals surface area contributed by atoms with Crippen molar-refractivity contribution in [2.45, 2.75) is 13.0 Å². The fourth-order valence-corrected chi connectivity index (χ4v) is 3.03. The van der Waals surface area contributed by atoms with Crippen molar-refractivity contribution in [3.63, 3.8) is 0 Å². The molecule has 13 heavy (non-hydrogen) atoms. The van der Waals surface area contributed by atoms with Crippen LogP contribution in [-0.2, 0) is 9.36 Å². The van der Waals surface area contributed by atoms with E-state index in [0.717, 1.165) is 0 Å². The van der Waals surface area contributed by atoms with Gasteiger partial charge in [-0.05, 0) is 13.6 Å². The van der Waals surface area contributed by atoms with Crippen molar-refractivity contribution in [3.05, 3.63) is 0 Å². The maximum atomic E-state index is 11.6. The minimum Gasteiger partial charge on any atom is -0.480 e. The van der Waals surface area contributed by atoms with Crippen molar-refractivity contribution >= 4 is 13.1 Å². The number of carbonyl (C=O) groups is 1. The molecule has 0 aliphatic carbocycles. The molecule has 1 unspecified atom stereocenters. The molecule has 0 saturated carbocycles. The summed E-state index contributed by atoms with van der Waals surface area (Å²) >= 11 is 0. The third kappa shape index (κ3) is 2.82. The van der Waals surface area contributed by atoms with Crippen LogP contribution in [0.3, 0.4) is 0 Å². The molecule has 1 atom stereocenters. The zero-order valence-corrected chi connectivity index (χ0v) is 8.96. The van der Waals surface area contributed by atoms with Gasteiger partial charge >= 0.3 is 5.97 Å². The van der Waals surface area contributed by atoms with E-state index in [1.54, 1.807) is 13.6 Å². The highest BCUT2D eigenvalue weighted by Gasteiger charge is 2.29. The Morgan fingerprint density at radius 2 is 1.92 bits per heavy atom. The SMILES string of the molecule is CC(C(=O)O)N1CCP(C)(=O)CC1. The lowest BCUT2D eigenvalue weighted by Crippen LogP contribution is -2.44. The predicted molar refractivity (Wildman–Crippen MR) is 51.9 cm³/mol. The Labute approximate surface area is 78.3 Å². The second-order valence-electron chi connectivity index (χ2n) is 3.79. The van der Waals surface area contributed by atoms with Crippen LogP contribution in [-0.4, -0.2) is 54.1 Å². The maximum Gasteiger partial charge on any atom is 0.320 e. The molecule has 1 fully saturated rings. The van der Waals surface area contributed by atoms with Crippen molar-refractivity contribution < 1.29 is 14.5 Å². The highest BCUT2D eigenvalue weighted by atomic mass is 31.2. The topological polar surface area (TPSA) is 57.6 Å². The summed E-state index contributed by atoms with van der Waals surface area (Å²) in [6.07, 6.45) is 1.31. The second-order valence-corrected chi connectivity index (χ2v) is 7.28. The van der Waals surface area contributed by atoms with Crippen LogP contribution in [0.25, 0.3) is 0 Å². The molecular formula is C8H16NO3P. The zero-order chi connectivity index (χ0) is 10.1. The van der Waals surface area contributed by atoms with Gasteiger partial charge in [-0.3, -0.25) is 9.69 Å². The zero-order valence-electron chi connectivity index (χ0n) is 8.06. The van der Waals surface area contributed by atoms with Gasteiger partial charge in [0.2, 0.25) is 0 Å². The lowest BCUT2D eigenvalue weighted by Gasteiger charge is -2.32. The molecule has 1 rings (SSSR count). The molecule has 5 heteroatoms. The molecule has 1 heterocycles. The maximum absolute atomic E-state index is 11.6. The van der Waals surface area contributed by atoms with E-state index in [1.807, 2.05) is 4.90 Å². The fourth-order valence-electron chi connectivity index (χ4n) is 1.45. The number of nitrogens with zero attached hydrogens (tertiary/aromatic N) is 1. The van der Waals surface area contributed by atoms with Gasteiger partial charge in [-0.1, -0.05) is 0 Å². The summed E-state index contributed by atoms with van der Waals surface area (Å²) in [6.45, 7) is 4.78. The van der Waals surface area contributed by atoms with Crippen LogP contribution in [0.2, 0.25) is 0 Å². The quantitative estimate of drug-likeness (QED) is 0.676. The summed E-state index contributed by atoms with van der Waals surface area (Å²) in [4.78, 5) is 12.5. The molecule has 1 saturated heterocycles. The minimum atomic E-state index is -1.93. The van der Waals surface area contributed by atoms with Gasteiger partial charge in [0.25, 0.3) is 0 Å². The van der Waals surface area contributed by atoms with Crippen LogP contribution >= 0.6 is 7.14 Å². The molecule has 4 nitrogen and oxygen atoms in total. The van der Waals surface area contributed by atoms with Crippen LogP contribution < -0.4 is 0 Å². The van der Waals surface area contributed by atoms with E-state index in [9.17, 15) is 9.36 Å². The highest BCUT2D eigenvalue weighted by molar-refractivity contribution is 7.63. The molecule has 0 bridgehead atoms. The monoisotopic (exact) mass is 205 g/mol. The van der Waals surface area contributed by atoms with E-state index < -0.39 is 19.2 Å². The Morgan fingerprint density at radius 1 is 1.46 bits per heavy atom. The molecule has 0 aromatic heterocycles. The normalized spacial score (nSPS) is 25.4. The van der Waals surface area contributed by atoms with Gasteiger partial charge in [-0.15, -0.1) is 0 Å². The Balaban J connectivity index is 2.50. The predicted octanol–water partition coefficient (Wildman–Crippen LogP) is 0.768. The molecular weight excluding hydrogens is 189 g/mol. The summed E-state index contributed by atoms with van der Waals surface area (Å²) in [5, 5.41) is 8.75.